The van der Waals surface area contributed by atoms with Crippen LogP contribution in [0.1, 0.15) is 31.0 Å². The number of halogens is 1. The highest BCUT2D eigenvalue weighted by Gasteiger charge is 2.15. The quantitative estimate of drug-likeness (QED) is 0.866. The molecule has 2 aromatic rings. The predicted molar refractivity (Wildman–Crippen MR) is 69.5 cm³/mol. The van der Waals surface area contributed by atoms with Crippen LogP contribution >= 0.6 is 0 Å². The topological polar surface area (TPSA) is 25.2 Å². The molecule has 2 rings (SSSR count). The minimum absolute atomic E-state index is 0.198. The summed E-state index contributed by atoms with van der Waals surface area (Å²) in [5.41, 5.74) is 2.22. The van der Waals surface area contributed by atoms with E-state index < -0.39 is 0 Å². The highest BCUT2D eigenvalue weighted by atomic mass is 19.1. The zero-order chi connectivity index (χ0) is 13.0. The van der Waals surface area contributed by atoms with Crippen molar-refractivity contribution in [3.8, 4) is 0 Å². The van der Waals surface area contributed by atoms with Crippen LogP contribution < -0.4 is 5.32 Å². The van der Waals surface area contributed by atoms with Crippen molar-refractivity contribution in [2.45, 2.75) is 26.4 Å². The SMILES string of the molecule is CC(C)C(NCc1ccoc1)c1ccc(F)cc1. The third kappa shape index (κ3) is 3.20. The zero-order valence-electron chi connectivity index (χ0n) is 10.7. The summed E-state index contributed by atoms with van der Waals surface area (Å²) in [6, 6.07) is 8.83. The molecule has 3 heteroatoms. The van der Waals surface area contributed by atoms with Crippen molar-refractivity contribution in [2.75, 3.05) is 0 Å². The first-order chi connectivity index (χ1) is 8.66. The maximum Gasteiger partial charge on any atom is 0.123 e. The van der Waals surface area contributed by atoms with E-state index in [9.17, 15) is 4.39 Å². The number of hydrogen-bond acceptors (Lipinski definition) is 2. The van der Waals surface area contributed by atoms with Crippen molar-refractivity contribution in [3.05, 3.63) is 59.8 Å². The van der Waals surface area contributed by atoms with E-state index in [2.05, 4.69) is 19.2 Å². The molecular formula is C15H18FNO. The van der Waals surface area contributed by atoms with Crippen molar-refractivity contribution in [2.24, 2.45) is 5.92 Å². The van der Waals surface area contributed by atoms with E-state index in [1.165, 1.54) is 12.1 Å². The first-order valence-electron chi connectivity index (χ1n) is 6.16. The smallest absolute Gasteiger partial charge is 0.123 e. The second-order valence-corrected chi connectivity index (χ2v) is 4.79. The second-order valence-electron chi connectivity index (χ2n) is 4.79. The number of rotatable bonds is 5. The van der Waals surface area contributed by atoms with E-state index in [1.807, 2.05) is 18.2 Å². The van der Waals surface area contributed by atoms with Gasteiger partial charge in [0.15, 0.2) is 0 Å². The normalized spacial score (nSPS) is 12.9. The predicted octanol–water partition coefficient (Wildman–Crippen LogP) is 3.91. The van der Waals surface area contributed by atoms with E-state index in [4.69, 9.17) is 4.42 Å². The minimum Gasteiger partial charge on any atom is -0.472 e. The molecule has 1 aromatic carbocycles. The van der Waals surface area contributed by atoms with Crippen LogP contribution in [0.2, 0.25) is 0 Å². The second kappa shape index (κ2) is 5.83. The average molecular weight is 247 g/mol. The lowest BCUT2D eigenvalue weighted by molar-refractivity contribution is 0.409. The Morgan fingerprint density at radius 3 is 2.44 bits per heavy atom. The van der Waals surface area contributed by atoms with Gasteiger partial charge in [0.25, 0.3) is 0 Å². The Bertz CT molecular complexity index is 462. The van der Waals surface area contributed by atoms with Crippen LogP contribution in [0.5, 0.6) is 0 Å². The fraction of sp³-hybridized carbons (Fsp3) is 0.333. The third-order valence-corrected chi connectivity index (χ3v) is 3.00. The molecule has 0 fully saturated rings. The molecule has 0 radical (unpaired) electrons. The molecular weight excluding hydrogens is 229 g/mol. The number of furan rings is 1. The molecule has 0 saturated heterocycles. The molecule has 0 aliphatic heterocycles. The van der Waals surface area contributed by atoms with Crippen LogP contribution in [0, 0.1) is 11.7 Å². The van der Waals surface area contributed by atoms with Crippen LogP contribution in [0.4, 0.5) is 4.39 Å². The van der Waals surface area contributed by atoms with Gasteiger partial charge < -0.3 is 9.73 Å². The molecule has 2 nitrogen and oxygen atoms in total. The fourth-order valence-corrected chi connectivity index (χ4v) is 2.03. The van der Waals surface area contributed by atoms with E-state index >= 15 is 0 Å². The van der Waals surface area contributed by atoms with Gasteiger partial charge in [-0.2, -0.15) is 0 Å². The molecule has 1 unspecified atom stereocenters. The van der Waals surface area contributed by atoms with Crippen molar-refractivity contribution >= 4 is 0 Å². The van der Waals surface area contributed by atoms with Gasteiger partial charge in [0.1, 0.15) is 5.82 Å². The van der Waals surface area contributed by atoms with Crippen LogP contribution in [0.25, 0.3) is 0 Å². The van der Waals surface area contributed by atoms with Crippen molar-refractivity contribution in [1.82, 2.24) is 5.32 Å². The van der Waals surface area contributed by atoms with Gasteiger partial charge in [-0.25, -0.2) is 4.39 Å². The molecule has 0 spiro atoms. The van der Waals surface area contributed by atoms with Gasteiger partial charge >= 0.3 is 0 Å². The molecule has 0 saturated carbocycles. The van der Waals surface area contributed by atoms with Gasteiger partial charge in [0.05, 0.1) is 12.5 Å². The Morgan fingerprint density at radius 1 is 1.17 bits per heavy atom. The van der Waals surface area contributed by atoms with Gasteiger partial charge in [0, 0.05) is 18.2 Å². The standard InChI is InChI=1S/C15H18FNO/c1-11(2)15(13-3-5-14(16)6-4-13)17-9-12-7-8-18-10-12/h3-8,10-11,15,17H,9H2,1-2H3. The highest BCUT2D eigenvalue weighted by Crippen LogP contribution is 2.22. The molecule has 0 bridgehead atoms. The van der Waals surface area contributed by atoms with Crippen molar-refractivity contribution < 1.29 is 8.81 Å². The van der Waals surface area contributed by atoms with Crippen molar-refractivity contribution in [3.63, 3.8) is 0 Å². The van der Waals surface area contributed by atoms with Crippen molar-refractivity contribution in [1.29, 1.82) is 0 Å². The first-order valence-corrected chi connectivity index (χ1v) is 6.16. The number of hydrogen-bond donors (Lipinski definition) is 1. The zero-order valence-corrected chi connectivity index (χ0v) is 10.7. The Morgan fingerprint density at radius 2 is 1.89 bits per heavy atom. The molecule has 96 valence electrons. The van der Waals surface area contributed by atoms with E-state index in [0.29, 0.717) is 5.92 Å². The summed E-state index contributed by atoms with van der Waals surface area (Å²) in [4.78, 5) is 0. The van der Waals surface area contributed by atoms with Crippen LogP contribution in [-0.4, -0.2) is 0 Å². The Hall–Kier alpha value is -1.61. The molecule has 0 aliphatic carbocycles. The summed E-state index contributed by atoms with van der Waals surface area (Å²) in [6.07, 6.45) is 3.40. The van der Waals surface area contributed by atoms with Gasteiger partial charge in [-0.1, -0.05) is 26.0 Å². The number of nitrogens with one attached hydrogen (secondary N) is 1. The van der Waals surface area contributed by atoms with Gasteiger partial charge in [0.2, 0.25) is 0 Å². The summed E-state index contributed by atoms with van der Waals surface area (Å²) in [5.74, 6) is 0.235. The van der Waals surface area contributed by atoms with E-state index in [1.54, 1.807) is 12.5 Å². The summed E-state index contributed by atoms with van der Waals surface area (Å²) in [5, 5.41) is 3.47. The maximum absolute atomic E-state index is 12.9. The summed E-state index contributed by atoms with van der Waals surface area (Å²) in [7, 11) is 0. The Labute approximate surface area is 107 Å². The lowest BCUT2D eigenvalue weighted by Gasteiger charge is -2.22. The monoisotopic (exact) mass is 247 g/mol. The highest BCUT2D eigenvalue weighted by molar-refractivity contribution is 5.20. The summed E-state index contributed by atoms with van der Waals surface area (Å²) in [6.45, 7) is 5.05. The minimum atomic E-state index is -0.198. The largest absolute Gasteiger partial charge is 0.472 e. The Kier molecular flexibility index (Phi) is 4.15. The Balaban J connectivity index is 2.06. The lowest BCUT2D eigenvalue weighted by Crippen LogP contribution is -2.25. The van der Waals surface area contributed by atoms with Crippen LogP contribution in [0.3, 0.4) is 0 Å². The molecule has 1 atom stereocenters. The molecule has 1 N–H and O–H groups in total. The molecule has 1 aromatic heterocycles. The average Bonchev–Trinajstić information content (AvgIpc) is 2.84. The molecule has 0 aliphatic rings. The third-order valence-electron chi connectivity index (χ3n) is 3.00. The maximum atomic E-state index is 12.9. The van der Waals surface area contributed by atoms with Crippen LogP contribution in [0.15, 0.2) is 47.3 Å². The molecule has 18 heavy (non-hydrogen) atoms. The molecule has 0 amide bonds. The first kappa shape index (κ1) is 12.8. The van der Waals surface area contributed by atoms with Crippen LogP contribution in [-0.2, 0) is 6.54 Å². The van der Waals surface area contributed by atoms with Gasteiger partial charge in [-0.15, -0.1) is 0 Å². The van der Waals surface area contributed by atoms with E-state index in [-0.39, 0.29) is 11.9 Å². The molecule has 1 heterocycles. The summed E-state index contributed by atoms with van der Waals surface area (Å²) >= 11 is 0. The van der Waals surface area contributed by atoms with E-state index in [0.717, 1.165) is 17.7 Å². The fourth-order valence-electron chi connectivity index (χ4n) is 2.03. The summed E-state index contributed by atoms with van der Waals surface area (Å²) < 4.78 is 18.0. The van der Waals surface area contributed by atoms with Gasteiger partial charge in [-0.05, 0) is 29.7 Å². The van der Waals surface area contributed by atoms with Gasteiger partial charge in [-0.3, -0.25) is 0 Å². The number of benzene rings is 1. The lowest BCUT2D eigenvalue weighted by atomic mass is 9.96.